The molecule has 1 saturated heterocycles. The van der Waals surface area contributed by atoms with E-state index in [-0.39, 0.29) is 18.3 Å². The first-order chi connectivity index (χ1) is 9.22. The molecule has 0 spiro atoms. The van der Waals surface area contributed by atoms with Gasteiger partial charge in [0, 0.05) is 16.7 Å². The standard InChI is InChI=1S/C15H21IN2O.ClH/c1-2-17-11-12-7-9-18(10-8-12)15(19)13-5-3-4-6-14(13)16;/h3-6,12,17H,2,7-11H2,1H3;1H. The molecule has 1 heterocycles. The van der Waals surface area contributed by atoms with Crippen molar-refractivity contribution in [2.75, 3.05) is 26.2 Å². The zero-order valence-electron chi connectivity index (χ0n) is 11.8. The first-order valence-corrected chi connectivity index (χ1v) is 8.04. The molecule has 0 bridgehead atoms. The lowest BCUT2D eigenvalue weighted by molar-refractivity contribution is 0.0689. The fourth-order valence-corrected chi connectivity index (χ4v) is 3.11. The zero-order valence-corrected chi connectivity index (χ0v) is 14.7. The topological polar surface area (TPSA) is 32.3 Å². The van der Waals surface area contributed by atoms with Gasteiger partial charge in [0.1, 0.15) is 0 Å². The summed E-state index contributed by atoms with van der Waals surface area (Å²) in [5.41, 5.74) is 0.841. The summed E-state index contributed by atoms with van der Waals surface area (Å²) in [6, 6.07) is 7.83. The fourth-order valence-electron chi connectivity index (χ4n) is 2.49. The molecule has 5 heteroatoms. The maximum absolute atomic E-state index is 12.4. The predicted molar refractivity (Wildman–Crippen MR) is 93.6 cm³/mol. The predicted octanol–water partition coefficient (Wildman–Crippen LogP) is 3.17. The minimum atomic E-state index is 0. The third-order valence-corrected chi connectivity index (χ3v) is 4.63. The Morgan fingerprint density at radius 3 is 2.60 bits per heavy atom. The van der Waals surface area contributed by atoms with Crippen molar-refractivity contribution in [2.45, 2.75) is 19.8 Å². The van der Waals surface area contributed by atoms with Gasteiger partial charge in [-0.15, -0.1) is 12.4 Å². The summed E-state index contributed by atoms with van der Waals surface area (Å²) in [5.74, 6) is 0.908. The van der Waals surface area contributed by atoms with Crippen LogP contribution in [0.1, 0.15) is 30.1 Å². The van der Waals surface area contributed by atoms with Crippen LogP contribution in [-0.4, -0.2) is 37.0 Å². The van der Waals surface area contributed by atoms with Gasteiger partial charge in [-0.3, -0.25) is 4.79 Å². The Kier molecular flexibility index (Phi) is 7.84. The second kappa shape index (κ2) is 8.85. The van der Waals surface area contributed by atoms with Gasteiger partial charge >= 0.3 is 0 Å². The van der Waals surface area contributed by atoms with Crippen molar-refractivity contribution in [3.05, 3.63) is 33.4 Å². The van der Waals surface area contributed by atoms with E-state index in [4.69, 9.17) is 0 Å². The van der Waals surface area contributed by atoms with Crippen molar-refractivity contribution < 1.29 is 4.79 Å². The molecule has 0 radical (unpaired) electrons. The summed E-state index contributed by atoms with van der Waals surface area (Å²) in [4.78, 5) is 14.4. The monoisotopic (exact) mass is 408 g/mol. The van der Waals surface area contributed by atoms with E-state index >= 15 is 0 Å². The third-order valence-electron chi connectivity index (χ3n) is 3.69. The maximum Gasteiger partial charge on any atom is 0.254 e. The number of likely N-dealkylation sites (tertiary alicyclic amines) is 1. The molecule has 1 aliphatic rings. The van der Waals surface area contributed by atoms with Gasteiger partial charge in [-0.25, -0.2) is 0 Å². The number of piperidine rings is 1. The van der Waals surface area contributed by atoms with Gasteiger partial charge in [0.2, 0.25) is 0 Å². The van der Waals surface area contributed by atoms with E-state index in [9.17, 15) is 4.79 Å². The Morgan fingerprint density at radius 1 is 1.35 bits per heavy atom. The number of hydrogen-bond acceptors (Lipinski definition) is 2. The number of benzene rings is 1. The molecule has 0 unspecified atom stereocenters. The molecule has 0 aliphatic carbocycles. The highest BCUT2D eigenvalue weighted by molar-refractivity contribution is 14.1. The SMILES string of the molecule is CCNCC1CCN(C(=O)c2ccccc2I)CC1.Cl. The lowest BCUT2D eigenvalue weighted by atomic mass is 9.96. The van der Waals surface area contributed by atoms with Gasteiger partial charge in [0.15, 0.2) is 0 Å². The molecule has 1 aliphatic heterocycles. The summed E-state index contributed by atoms with van der Waals surface area (Å²) in [6.45, 7) is 6.03. The van der Waals surface area contributed by atoms with E-state index < -0.39 is 0 Å². The molecule has 3 nitrogen and oxygen atoms in total. The molecular weight excluding hydrogens is 387 g/mol. The molecule has 1 aromatic carbocycles. The van der Waals surface area contributed by atoms with Crippen molar-refractivity contribution in [3.63, 3.8) is 0 Å². The van der Waals surface area contributed by atoms with Crippen LogP contribution in [0.4, 0.5) is 0 Å². The van der Waals surface area contributed by atoms with E-state index in [0.29, 0.717) is 0 Å². The number of hydrogen-bond donors (Lipinski definition) is 1. The first kappa shape index (κ1) is 17.7. The van der Waals surface area contributed by atoms with Crippen LogP contribution in [0.15, 0.2) is 24.3 Å². The van der Waals surface area contributed by atoms with Crippen LogP contribution in [-0.2, 0) is 0 Å². The summed E-state index contributed by atoms with van der Waals surface area (Å²) in [5, 5.41) is 3.40. The number of rotatable bonds is 4. The molecule has 1 N–H and O–H groups in total. The molecule has 0 atom stereocenters. The lowest BCUT2D eigenvalue weighted by Gasteiger charge is -2.32. The second-order valence-electron chi connectivity index (χ2n) is 5.02. The Hall–Kier alpha value is -0.330. The number of carbonyl (C=O) groups excluding carboxylic acids is 1. The highest BCUT2D eigenvalue weighted by Gasteiger charge is 2.24. The molecule has 0 aromatic heterocycles. The highest BCUT2D eigenvalue weighted by Crippen LogP contribution is 2.20. The summed E-state index contributed by atoms with van der Waals surface area (Å²) < 4.78 is 1.04. The van der Waals surface area contributed by atoms with Crippen LogP contribution in [0, 0.1) is 9.49 Å². The van der Waals surface area contributed by atoms with Crippen LogP contribution < -0.4 is 5.32 Å². The van der Waals surface area contributed by atoms with E-state index in [2.05, 4.69) is 34.8 Å². The normalized spacial score (nSPS) is 15.8. The average Bonchev–Trinajstić information content (AvgIpc) is 2.45. The maximum atomic E-state index is 12.4. The van der Waals surface area contributed by atoms with E-state index in [1.54, 1.807) is 0 Å². The molecule has 20 heavy (non-hydrogen) atoms. The number of nitrogens with zero attached hydrogens (tertiary/aromatic N) is 1. The van der Waals surface area contributed by atoms with Gasteiger partial charge in [0.05, 0.1) is 5.56 Å². The Balaban J connectivity index is 0.00000200. The van der Waals surface area contributed by atoms with Crippen LogP contribution in [0.5, 0.6) is 0 Å². The Bertz CT molecular complexity index is 434. The first-order valence-electron chi connectivity index (χ1n) is 6.97. The molecule has 1 fully saturated rings. The van der Waals surface area contributed by atoms with Gasteiger partial charge in [0.25, 0.3) is 5.91 Å². The van der Waals surface area contributed by atoms with Crippen LogP contribution >= 0.6 is 35.0 Å². The van der Waals surface area contributed by atoms with Crippen molar-refractivity contribution in [3.8, 4) is 0 Å². The van der Waals surface area contributed by atoms with Crippen molar-refractivity contribution in [1.82, 2.24) is 10.2 Å². The molecule has 0 saturated carbocycles. The van der Waals surface area contributed by atoms with Gasteiger partial charge < -0.3 is 10.2 Å². The quantitative estimate of drug-likeness (QED) is 0.776. The van der Waals surface area contributed by atoms with Crippen LogP contribution in [0.25, 0.3) is 0 Å². The van der Waals surface area contributed by atoms with Crippen molar-refractivity contribution in [1.29, 1.82) is 0 Å². The largest absolute Gasteiger partial charge is 0.339 e. The van der Waals surface area contributed by atoms with Crippen molar-refractivity contribution >= 4 is 40.9 Å². The highest BCUT2D eigenvalue weighted by atomic mass is 127. The molecule has 1 amide bonds. The van der Waals surface area contributed by atoms with Gasteiger partial charge in [-0.2, -0.15) is 0 Å². The zero-order chi connectivity index (χ0) is 13.7. The van der Waals surface area contributed by atoms with Crippen molar-refractivity contribution in [2.24, 2.45) is 5.92 Å². The van der Waals surface area contributed by atoms with Gasteiger partial charge in [-0.05, 0) is 66.6 Å². The van der Waals surface area contributed by atoms with Crippen LogP contribution in [0.2, 0.25) is 0 Å². The number of carbonyl (C=O) groups is 1. The Morgan fingerprint density at radius 2 is 2.00 bits per heavy atom. The smallest absolute Gasteiger partial charge is 0.254 e. The average molecular weight is 409 g/mol. The fraction of sp³-hybridized carbons (Fsp3) is 0.533. The number of nitrogens with one attached hydrogen (secondary N) is 1. The van der Waals surface area contributed by atoms with E-state index in [0.717, 1.165) is 54.1 Å². The summed E-state index contributed by atoms with van der Waals surface area (Å²) >= 11 is 2.24. The molecule has 1 aromatic rings. The number of halogens is 2. The summed E-state index contributed by atoms with van der Waals surface area (Å²) in [7, 11) is 0. The number of amides is 1. The molecule has 2 rings (SSSR count). The van der Waals surface area contributed by atoms with E-state index in [1.807, 2.05) is 29.2 Å². The molecular formula is C15H22ClIN2O. The van der Waals surface area contributed by atoms with E-state index in [1.165, 1.54) is 0 Å². The minimum Gasteiger partial charge on any atom is -0.339 e. The van der Waals surface area contributed by atoms with Crippen LogP contribution in [0.3, 0.4) is 0 Å². The second-order valence-corrected chi connectivity index (χ2v) is 6.19. The molecule has 112 valence electrons. The summed E-state index contributed by atoms with van der Waals surface area (Å²) in [6.07, 6.45) is 2.23. The Labute approximate surface area is 141 Å². The minimum absolute atomic E-state index is 0. The lowest BCUT2D eigenvalue weighted by Crippen LogP contribution is -2.41. The van der Waals surface area contributed by atoms with Gasteiger partial charge in [-0.1, -0.05) is 19.1 Å². The third kappa shape index (κ3) is 4.60.